The van der Waals surface area contributed by atoms with Gasteiger partial charge in [-0.05, 0) is 40.3 Å². The van der Waals surface area contributed by atoms with Crippen molar-refractivity contribution in [1.29, 1.82) is 0 Å². The van der Waals surface area contributed by atoms with Gasteiger partial charge >= 0.3 is 0 Å². The molecule has 79 valence electrons. The van der Waals surface area contributed by atoms with E-state index in [1.807, 2.05) is 12.6 Å². The van der Waals surface area contributed by atoms with E-state index in [-0.39, 0.29) is 0 Å². The van der Waals surface area contributed by atoms with Gasteiger partial charge in [-0.15, -0.1) is 5.10 Å². The van der Waals surface area contributed by atoms with Crippen LogP contribution >= 0.6 is 0 Å². The molecule has 1 aromatic heterocycles. The highest BCUT2D eigenvalue weighted by atomic mass is 15.4. The normalized spacial score (nSPS) is 21.3. The van der Waals surface area contributed by atoms with Crippen molar-refractivity contribution in [3.05, 3.63) is 43.6 Å². The Morgan fingerprint density at radius 2 is 2.13 bits per heavy atom. The lowest BCUT2D eigenvalue weighted by molar-refractivity contribution is 0.325. The molecule has 0 amide bonds. The minimum atomic E-state index is 0.374. The van der Waals surface area contributed by atoms with E-state index in [1.54, 1.807) is 10.9 Å². The topological polar surface area (TPSA) is 34.0 Å². The molecular formula is C11H15N4. The van der Waals surface area contributed by atoms with Gasteiger partial charge in [0.25, 0.3) is 0 Å². The number of aromatic nitrogens is 3. The Morgan fingerprint density at radius 3 is 2.73 bits per heavy atom. The van der Waals surface area contributed by atoms with Crippen molar-refractivity contribution in [3.63, 3.8) is 0 Å². The molecule has 4 heteroatoms. The van der Waals surface area contributed by atoms with E-state index in [2.05, 4.69) is 49.1 Å². The first kappa shape index (κ1) is 10.6. The van der Waals surface area contributed by atoms with Crippen LogP contribution in [-0.4, -0.2) is 40.0 Å². The van der Waals surface area contributed by atoms with E-state index in [4.69, 9.17) is 0 Å². The molecular weight excluding hydrogens is 188 g/mol. The molecule has 0 bridgehead atoms. The molecule has 1 aliphatic rings. The van der Waals surface area contributed by atoms with E-state index in [9.17, 15) is 0 Å². The van der Waals surface area contributed by atoms with Gasteiger partial charge < -0.3 is 4.90 Å². The molecule has 1 aromatic rings. The Kier molecular flexibility index (Phi) is 3.05. The second-order valence-corrected chi connectivity index (χ2v) is 3.85. The minimum Gasteiger partial charge on any atom is -0.306 e. The van der Waals surface area contributed by atoms with Crippen molar-refractivity contribution in [1.82, 2.24) is 19.9 Å². The summed E-state index contributed by atoms with van der Waals surface area (Å²) < 4.78 is 1.80. The van der Waals surface area contributed by atoms with E-state index in [0.717, 1.165) is 6.04 Å². The predicted molar refractivity (Wildman–Crippen MR) is 58.0 cm³/mol. The van der Waals surface area contributed by atoms with Crippen molar-refractivity contribution >= 4 is 0 Å². The summed E-state index contributed by atoms with van der Waals surface area (Å²) in [6.07, 6.45) is 9.79. The van der Waals surface area contributed by atoms with Crippen LogP contribution in [0.2, 0.25) is 0 Å². The van der Waals surface area contributed by atoms with Gasteiger partial charge in [-0.2, -0.15) is 0 Å². The van der Waals surface area contributed by atoms with Crippen LogP contribution in [0.15, 0.2) is 12.4 Å². The van der Waals surface area contributed by atoms with Crippen molar-refractivity contribution in [2.24, 2.45) is 0 Å². The lowest BCUT2D eigenvalue weighted by atomic mass is 9.95. The van der Waals surface area contributed by atoms with Crippen LogP contribution in [0, 0.1) is 31.2 Å². The maximum atomic E-state index is 4.01. The monoisotopic (exact) mass is 203 g/mol. The van der Waals surface area contributed by atoms with Crippen LogP contribution in [0.4, 0.5) is 0 Å². The highest BCUT2D eigenvalue weighted by molar-refractivity contribution is 5.46. The summed E-state index contributed by atoms with van der Waals surface area (Å²) in [5.74, 6) is 1.27. The fraction of sp³-hybridized carbons (Fsp3) is 0.364. The van der Waals surface area contributed by atoms with Crippen LogP contribution in [0.5, 0.6) is 0 Å². The average molecular weight is 203 g/mol. The lowest BCUT2D eigenvalue weighted by Crippen LogP contribution is -2.34. The van der Waals surface area contributed by atoms with E-state index in [1.165, 1.54) is 5.92 Å². The van der Waals surface area contributed by atoms with Crippen LogP contribution in [0.3, 0.4) is 0 Å². The summed E-state index contributed by atoms with van der Waals surface area (Å²) in [7, 11) is 4.14. The summed E-state index contributed by atoms with van der Waals surface area (Å²) in [5, 5.41) is 7.83. The summed E-state index contributed by atoms with van der Waals surface area (Å²) in [6, 6.07) is 1.48. The fourth-order valence-corrected chi connectivity index (χ4v) is 1.60. The van der Waals surface area contributed by atoms with Gasteiger partial charge in [0, 0.05) is 18.2 Å². The summed E-state index contributed by atoms with van der Waals surface area (Å²) in [5.41, 5.74) is 0. The first-order valence-electron chi connectivity index (χ1n) is 4.99. The standard InChI is InChI=1S/C11H15N4/c1-9(14(2)3)10-5-4-6-11(10)15-8-7-12-13-15/h4-9H,1-3H3/t9-/m1/s1. The molecule has 1 aliphatic carbocycles. The molecule has 1 saturated carbocycles. The van der Waals surface area contributed by atoms with Gasteiger partial charge in [0.2, 0.25) is 0 Å². The Morgan fingerprint density at radius 1 is 1.33 bits per heavy atom. The first-order valence-corrected chi connectivity index (χ1v) is 4.99. The fourth-order valence-electron chi connectivity index (χ4n) is 1.60. The Hall–Kier alpha value is -0.900. The highest BCUT2D eigenvalue weighted by Crippen LogP contribution is 2.37. The molecule has 15 heavy (non-hydrogen) atoms. The van der Waals surface area contributed by atoms with Gasteiger partial charge in [0.15, 0.2) is 0 Å². The van der Waals surface area contributed by atoms with Crippen LogP contribution < -0.4 is 0 Å². The van der Waals surface area contributed by atoms with Gasteiger partial charge in [-0.1, -0.05) is 5.21 Å². The molecule has 1 heterocycles. The van der Waals surface area contributed by atoms with Crippen molar-refractivity contribution in [3.8, 4) is 0 Å². The van der Waals surface area contributed by atoms with Gasteiger partial charge in [0.1, 0.15) is 6.04 Å². The number of hydrogen-bond donors (Lipinski definition) is 0. The summed E-state index contributed by atoms with van der Waals surface area (Å²) in [6.45, 7) is 2.18. The molecule has 0 aromatic carbocycles. The molecule has 2 rings (SSSR count). The van der Waals surface area contributed by atoms with E-state index < -0.39 is 0 Å². The quantitative estimate of drug-likeness (QED) is 0.729. The van der Waals surface area contributed by atoms with Crippen LogP contribution in [0.1, 0.15) is 6.92 Å². The third kappa shape index (κ3) is 2.04. The van der Waals surface area contributed by atoms with E-state index in [0.29, 0.717) is 6.04 Å². The maximum Gasteiger partial charge on any atom is 0.102 e. The third-order valence-corrected chi connectivity index (χ3v) is 2.72. The Bertz CT molecular complexity index is 294. The molecule has 0 N–H and O–H groups in total. The Labute approximate surface area is 91.3 Å². The van der Waals surface area contributed by atoms with Gasteiger partial charge in [0.05, 0.1) is 6.20 Å². The molecule has 0 spiro atoms. The zero-order valence-electron chi connectivity index (χ0n) is 9.25. The van der Waals surface area contributed by atoms with Gasteiger partial charge in [-0.3, -0.25) is 0 Å². The first-order chi connectivity index (χ1) is 7.20. The molecule has 0 saturated heterocycles. The second kappa shape index (κ2) is 4.31. The maximum absolute atomic E-state index is 4.01. The molecule has 0 unspecified atom stereocenters. The summed E-state index contributed by atoms with van der Waals surface area (Å²) in [4.78, 5) is 2.18. The SMILES string of the molecule is C[C@H]([C]1[CH][CH][CH][C]1n1ccnn1)N(C)C. The van der Waals surface area contributed by atoms with E-state index >= 15 is 0 Å². The third-order valence-electron chi connectivity index (χ3n) is 2.72. The largest absolute Gasteiger partial charge is 0.306 e. The number of nitrogens with zero attached hydrogens (tertiary/aromatic N) is 4. The highest BCUT2D eigenvalue weighted by Gasteiger charge is 2.36. The van der Waals surface area contributed by atoms with Crippen molar-refractivity contribution in [2.75, 3.05) is 14.1 Å². The molecule has 1 fully saturated rings. The second-order valence-electron chi connectivity index (χ2n) is 3.85. The van der Waals surface area contributed by atoms with Crippen LogP contribution in [-0.2, 0) is 0 Å². The smallest absolute Gasteiger partial charge is 0.102 e. The van der Waals surface area contributed by atoms with Crippen molar-refractivity contribution < 1.29 is 0 Å². The summed E-state index contributed by atoms with van der Waals surface area (Å²) >= 11 is 0. The van der Waals surface area contributed by atoms with Crippen molar-refractivity contribution in [2.45, 2.75) is 13.0 Å². The average Bonchev–Trinajstić information content (AvgIpc) is 2.86. The molecule has 1 atom stereocenters. The molecule has 4 nitrogen and oxygen atoms in total. The number of rotatable bonds is 3. The zero-order valence-corrected chi connectivity index (χ0v) is 9.25. The van der Waals surface area contributed by atoms with Gasteiger partial charge in [-0.25, -0.2) is 4.68 Å². The lowest BCUT2D eigenvalue weighted by Gasteiger charge is -2.29. The molecule has 5 radical (unpaired) electrons. The Balaban J connectivity index is 2.12. The zero-order chi connectivity index (χ0) is 10.8. The van der Waals surface area contributed by atoms with Crippen LogP contribution in [0.25, 0.3) is 0 Å². The number of hydrogen-bond acceptors (Lipinski definition) is 3. The minimum absolute atomic E-state index is 0.374. The molecule has 0 aliphatic heterocycles. The predicted octanol–water partition coefficient (Wildman–Crippen LogP) is 0.809.